The van der Waals surface area contributed by atoms with E-state index < -0.39 is 0 Å². The molecular formula is C12H24N2O. The first-order chi connectivity index (χ1) is 7.02. The van der Waals surface area contributed by atoms with Crippen LogP contribution in [0.15, 0.2) is 0 Å². The number of rotatable bonds is 4. The number of hydrogen-bond acceptors (Lipinski definition) is 2. The Morgan fingerprint density at radius 1 is 1.47 bits per heavy atom. The van der Waals surface area contributed by atoms with Crippen LogP contribution in [0.25, 0.3) is 0 Å². The molecule has 1 aliphatic heterocycles. The van der Waals surface area contributed by atoms with Crippen molar-refractivity contribution in [1.29, 1.82) is 0 Å². The van der Waals surface area contributed by atoms with Crippen LogP contribution in [0, 0.1) is 11.8 Å². The van der Waals surface area contributed by atoms with Crippen LogP contribution < -0.4 is 5.32 Å². The zero-order chi connectivity index (χ0) is 11.4. The number of nitrogens with zero attached hydrogens (tertiary/aromatic N) is 1. The summed E-state index contributed by atoms with van der Waals surface area (Å²) in [5.41, 5.74) is 0. The average molecular weight is 212 g/mol. The van der Waals surface area contributed by atoms with Gasteiger partial charge in [-0.1, -0.05) is 20.8 Å². The van der Waals surface area contributed by atoms with Gasteiger partial charge in [-0.3, -0.25) is 4.79 Å². The smallest absolute Gasteiger partial charge is 0.225 e. The highest BCUT2D eigenvalue weighted by atomic mass is 16.2. The van der Waals surface area contributed by atoms with Crippen molar-refractivity contribution < 1.29 is 4.79 Å². The van der Waals surface area contributed by atoms with Crippen LogP contribution in [0.4, 0.5) is 0 Å². The van der Waals surface area contributed by atoms with E-state index in [2.05, 4.69) is 19.2 Å². The van der Waals surface area contributed by atoms with Crippen LogP contribution in [-0.2, 0) is 4.79 Å². The van der Waals surface area contributed by atoms with Gasteiger partial charge in [-0.05, 0) is 25.3 Å². The van der Waals surface area contributed by atoms with E-state index >= 15 is 0 Å². The molecule has 1 aliphatic rings. The highest BCUT2D eigenvalue weighted by Crippen LogP contribution is 2.14. The molecule has 0 saturated carbocycles. The molecule has 2 unspecified atom stereocenters. The van der Waals surface area contributed by atoms with Gasteiger partial charge >= 0.3 is 0 Å². The summed E-state index contributed by atoms with van der Waals surface area (Å²) in [6.07, 6.45) is 2.44. The summed E-state index contributed by atoms with van der Waals surface area (Å²) in [5.74, 6) is 0.839. The van der Waals surface area contributed by atoms with E-state index in [1.54, 1.807) is 0 Å². The van der Waals surface area contributed by atoms with Gasteiger partial charge < -0.3 is 10.2 Å². The Morgan fingerprint density at radius 2 is 2.13 bits per heavy atom. The van der Waals surface area contributed by atoms with Gasteiger partial charge in [0.2, 0.25) is 5.91 Å². The van der Waals surface area contributed by atoms with E-state index in [4.69, 9.17) is 0 Å². The third-order valence-electron chi connectivity index (χ3n) is 3.42. The lowest BCUT2D eigenvalue weighted by Gasteiger charge is -2.26. The third-order valence-corrected chi connectivity index (χ3v) is 3.42. The molecule has 88 valence electrons. The molecule has 0 spiro atoms. The minimum Gasteiger partial charge on any atom is -0.344 e. The van der Waals surface area contributed by atoms with Gasteiger partial charge in [-0.2, -0.15) is 0 Å². The molecule has 0 radical (unpaired) electrons. The maximum absolute atomic E-state index is 12.0. The summed E-state index contributed by atoms with van der Waals surface area (Å²) >= 11 is 0. The molecule has 15 heavy (non-hydrogen) atoms. The number of carbonyl (C=O) groups excluding carboxylic acids is 1. The van der Waals surface area contributed by atoms with Gasteiger partial charge in [-0.25, -0.2) is 0 Å². The summed E-state index contributed by atoms with van der Waals surface area (Å²) in [6.45, 7) is 8.18. The summed E-state index contributed by atoms with van der Waals surface area (Å²) in [6, 6.07) is 0.512. The van der Waals surface area contributed by atoms with E-state index in [0.29, 0.717) is 12.0 Å². The first-order valence-electron chi connectivity index (χ1n) is 6.00. The molecule has 0 aromatic heterocycles. The van der Waals surface area contributed by atoms with Crippen LogP contribution in [0.2, 0.25) is 0 Å². The van der Waals surface area contributed by atoms with E-state index in [1.807, 2.05) is 18.9 Å². The highest BCUT2D eigenvalue weighted by Gasteiger charge is 2.23. The first-order valence-corrected chi connectivity index (χ1v) is 6.00. The molecule has 3 heteroatoms. The van der Waals surface area contributed by atoms with E-state index in [0.717, 1.165) is 13.1 Å². The number of likely N-dealkylation sites (N-methyl/N-ethyl adjacent to an activating group) is 1. The number of amides is 1. The molecule has 1 fully saturated rings. The Hall–Kier alpha value is -0.570. The molecule has 0 aromatic carbocycles. The van der Waals surface area contributed by atoms with E-state index in [-0.39, 0.29) is 11.8 Å². The summed E-state index contributed by atoms with van der Waals surface area (Å²) in [7, 11) is 1.92. The Labute approximate surface area is 93.2 Å². The summed E-state index contributed by atoms with van der Waals surface area (Å²) in [4.78, 5) is 13.9. The average Bonchev–Trinajstić information content (AvgIpc) is 2.67. The monoisotopic (exact) mass is 212 g/mol. The van der Waals surface area contributed by atoms with E-state index in [1.165, 1.54) is 12.8 Å². The highest BCUT2D eigenvalue weighted by molar-refractivity contribution is 5.78. The van der Waals surface area contributed by atoms with Crippen molar-refractivity contribution in [2.45, 2.75) is 39.7 Å². The maximum Gasteiger partial charge on any atom is 0.225 e. The zero-order valence-corrected chi connectivity index (χ0v) is 10.4. The SMILES string of the molecule is CC(C)C(C)C(=O)N(C)CC1CCCN1. The Kier molecular flexibility index (Phi) is 4.58. The number of hydrogen-bond donors (Lipinski definition) is 1. The fourth-order valence-corrected chi connectivity index (χ4v) is 1.97. The largest absolute Gasteiger partial charge is 0.344 e. The molecule has 1 saturated heterocycles. The Bertz CT molecular complexity index is 210. The van der Waals surface area contributed by atoms with Crippen molar-refractivity contribution >= 4 is 5.91 Å². The van der Waals surface area contributed by atoms with Crippen molar-refractivity contribution in [2.24, 2.45) is 11.8 Å². The number of carbonyl (C=O) groups is 1. The third kappa shape index (κ3) is 3.49. The molecule has 1 heterocycles. The van der Waals surface area contributed by atoms with Gasteiger partial charge in [0.05, 0.1) is 0 Å². The second-order valence-electron chi connectivity index (χ2n) is 5.04. The second kappa shape index (κ2) is 5.50. The van der Waals surface area contributed by atoms with Gasteiger partial charge in [0.15, 0.2) is 0 Å². The lowest BCUT2D eigenvalue weighted by molar-refractivity contribution is -0.135. The van der Waals surface area contributed by atoms with Crippen molar-refractivity contribution in [3.8, 4) is 0 Å². The molecule has 1 amide bonds. The van der Waals surface area contributed by atoms with Gasteiger partial charge in [0.1, 0.15) is 0 Å². The zero-order valence-electron chi connectivity index (χ0n) is 10.4. The quantitative estimate of drug-likeness (QED) is 0.765. The van der Waals surface area contributed by atoms with Crippen LogP contribution in [-0.4, -0.2) is 37.0 Å². The topological polar surface area (TPSA) is 32.3 Å². The van der Waals surface area contributed by atoms with Crippen molar-refractivity contribution in [2.75, 3.05) is 20.1 Å². The van der Waals surface area contributed by atoms with Crippen molar-refractivity contribution in [3.05, 3.63) is 0 Å². The fraction of sp³-hybridized carbons (Fsp3) is 0.917. The van der Waals surface area contributed by atoms with Gasteiger partial charge in [0.25, 0.3) is 0 Å². The minimum absolute atomic E-state index is 0.136. The van der Waals surface area contributed by atoms with Gasteiger partial charge in [-0.15, -0.1) is 0 Å². The lowest BCUT2D eigenvalue weighted by atomic mass is 9.96. The maximum atomic E-state index is 12.0. The lowest BCUT2D eigenvalue weighted by Crippen LogP contribution is -2.41. The minimum atomic E-state index is 0.136. The normalized spacial score (nSPS) is 23.1. The molecule has 3 nitrogen and oxygen atoms in total. The van der Waals surface area contributed by atoms with E-state index in [9.17, 15) is 4.79 Å². The molecule has 0 aromatic rings. The van der Waals surface area contributed by atoms with Crippen LogP contribution >= 0.6 is 0 Å². The van der Waals surface area contributed by atoms with Gasteiger partial charge in [0, 0.05) is 25.6 Å². The van der Waals surface area contributed by atoms with Crippen LogP contribution in [0.1, 0.15) is 33.6 Å². The van der Waals surface area contributed by atoms with Crippen LogP contribution in [0.5, 0.6) is 0 Å². The molecule has 1 N–H and O–H groups in total. The molecule has 1 rings (SSSR count). The molecule has 0 aliphatic carbocycles. The molecular weight excluding hydrogens is 188 g/mol. The predicted octanol–water partition coefficient (Wildman–Crippen LogP) is 1.49. The summed E-state index contributed by atoms with van der Waals surface area (Å²) in [5, 5.41) is 3.42. The predicted molar refractivity (Wildman–Crippen MR) is 62.7 cm³/mol. The van der Waals surface area contributed by atoms with Crippen molar-refractivity contribution in [1.82, 2.24) is 10.2 Å². The standard InChI is InChI=1S/C12H24N2O/c1-9(2)10(3)12(15)14(4)8-11-6-5-7-13-11/h9-11,13H,5-8H2,1-4H3. The second-order valence-corrected chi connectivity index (χ2v) is 5.04. The van der Waals surface area contributed by atoms with Crippen LogP contribution in [0.3, 0.4) is 0 Å². The fourth-order valence-electron chi connectivity index (χ4n) is 1.97. The first kappa shape index (κ1) is 12.5. The molecule has 2 atom stereocenters. The Morgan fingerprint density at radius 3 is 2.60 bits per heavy atom. The van der Waals surface area contributed by atoms with Crippen molar-refractivity contribution in [3.63, 3.8) is 0 Å². The Balaban J connectivity index is 2.38. The summed E-state index contributed by atoms with van der Waals surface area (Å²) < 4.78 is 0. The molecule has 0 bridgehead atoms. The number of nitrogens with one attached hydrogen (secondary N) is 1.